The molecule has 0 aromatic rings. The van der Waals surface area contributed by atoms with Crippen molar-refractivity contribution in [3.05, 3.63) is 0 Å². The third-order valence-corrected chi connectivity index (χ3v) is 3.78. The molecule has 0 bridgehead atoms. The number of halogens is 1. The topological polar surface area (TPSA) is 72.2 Å². The first-order chi connectivity index (χ1) is 6.55. The first kappa shape index (κ1) is 18.2. The molecule has 0 aromatic heterocycles. The Morgan fingerprint density at radius 1 is 1.25 bits per heavy atom. The standard InChI is InChI=1S/C10H22N2O2S.ClH/c1-9(2,3)15(14)7-6-12-8(13)10(4,5)11;/h6-7,11H2,1-5H3,(H,12,13);1H. The fourth-order valence-electron chi connectivity index (χ4n) is 0.791. The molecule has 1 unspecified atom stereocenters. The minimum atomic E-state index is -0.936. The highest BCUT2D eigenvalue weighted by Gasteiger charge is 2.23. The highest BCUT2D eigenvalue weighted by atomic mass is 35.5. The summed E-state index contributed by atoms with van der Waals surface area (Å²) >= 11 is 0. The van der Waals surface area contributed by atoms with E-state index in [0.29, 0.717) is 12.3 Å². The van der Waals surface area contributed by atoms with Gasteiger partial charge in [0.05, 0.1) is 5.54 Å². The van der Waals surface area contributed by atoms with Gasteiger partial charge >= 0.3 is 0 Å². The largest absolute Gasteiger partial charge is 0.354 e. The van der Waals surface area contributed by atoms with Crippen LogP contribution in [0.1, 0.15) is 34.6 Å². The van der Waals surface area contributed by atoms with Gasteiger partial charge in [0, 0.05) is 27.8 Å². The van der Waals surface area contributed by atoms with Crippen LogP contribution in [0.25, 0.3) is 0 Å². The second-order valence-electron chi connectivity index (χ2n) is 5.14. The number of nitrogens with one attached hydrogen (secondary N) is 1. The van der Waals surface area contributed by atoms with E-state index < -0.39 is 16.3 Å². The summed E-state index contributed by atoms with van der Waals surface area (Å²) < 4.78 is 11.4. The Labute approximate surface area is 107 Å². The number of amides is 1. The fourth-order valence-corrected chi connectivity index (χ4v) is 1.69. The van der Waals surface area contributed by atoms with Gasteiger partial charge in [-0.15, -0.1) is 12.4 Å². The van der Waals surface area contributed by atoms with Crippen molar-refractivity contribution in [2.24, 2.45) is 5.73 Å². The number of rotatable bonds is 4. The molecule has 3 N–H and O–H groups in total. The third-order valence-electron chi connectivity index (χ3n) is 1.84. The summed E-state index contributed by atoms with van der Waals surface area (Å²) in [7, 11) is -0.936. The Kier molecular flexibility index (Phi) is 7.49. The average molecular weight is 271 g/mol. The quantitative estimate of drug-likeness (QED) is 0.794. The molecule has 0 aliphatic heterocycles. The van der Waals surface area contributed by atoms with Crippen LogP contribution in [0.4, 0.5) is 0 Å². The first-order valence-electron chi connectivity index (χ1n) is 5.01. The predicted octanol–water partition coefficient (Wildman–Crippen LogP) is 0.809. The average Bonchev–Trinajstić information content (AvgIpc) is 2.00. The van der Waals surface area contributed by atoms with Crippen LogP contribution in [0.15, 0.2) is 0 Å². The summed E-state index contributed by atoms with van der Waals surface area (Å²) in [6.45, 7) is 9.43. The molecule has 0 radical (unpaired) electrons. The lowest BCUT2D eigenvalue weighted by Crippen LogP contribution is -2.50. The lowest BCUT2D eigenvalue weighted by atomic mass is 10.1. The van der Waals surface area contributed by atoms with E-state index in [-0.39, 0.29) is 23.1 Å². The van der Waals surface area contributed by atoms with E-state index in [4.69, 9.17) is 5.73 Å². The zero-order valence-electron chi connectivity index (χ0n) is 10.6. The molecular formula is C10H23ClN2O2S. The lowest BCUT2D eigenvalue weighted by molar-refractivity contribution is -0.125. The summed E-state index contributed by atoms with van der Waals surface area (Å²) in [6.07, 6.45) is 0. The van der Waals surface area contributed by atoms with Crippen molar-refractivity contribution in [3.63, 3.8) is 0 Å². The Hall–Kier alpha value is -0.130. The van der Waals surface area contributed by atoms with Crippen LogP contribution in [0.2, 0.25) is 0 Å². The molecule has 98 valence electrons. The van der Waals surface area contributed by atoms with Gasteiger partial charge in [-0.3, -0.25) is 9.00 Å². The number of hydrogen-bond acceptors (Lipinski definition) is 3. The summed E-state index contributed by atoms with van der Waals surface area (Å²) in [6, 6.07) is 0. The second kappa shape index (κ2) is 6.57. The molecule has 0 fully saturated rings. The van der Waals surface area contributed by atoms with Gasteiger partial charge in [-0.1, -0.05) is 0 Å². The summed E-state index contributed by atoms with van der Waals surface area (Å²) in [5.74, 6) is 0.249. The van der Waals surface area contributed by atoms with E-state index >= 15 is 0 Å². The van der Waals surface area contributed by atoms with Crippen molar-refractivity contribution >= 4 is 29.1 Å². The van der Waals surface area contributed by atoms with Gasteiger partial charge in [0.2, 0.25) is 5.91 Å². The number of carbonyl (C=O) groups excluding carboxylic acids is 1. The number of carbonyl (C=O) groups is 1. The van der Waals surface area contributed by atoms with E-state index in [1.807, 2.05) is 20.8 Å². The number of nitrogens with two attached hydrogens (primary N) is 1. The molecule has 1 atom stereocenters. The maximum Gasteiger partial charge on any atom is 0.239 e. The van der Waals surface area contributed by atoms with Gasteiger partial charge in [-0.25, -0.2) is 0 Å². The minimum Gasteiger partial charge on any atom is -0.354 e. The van der Waals surface area contributed by atoms with E-state index in [1.165, 1.54) is 0 Å². The maximum absolute atomic E-state index is 11.6. The molecule has 4 nitrogen and oxygen atoms in total. The molecule has 0 aliphatic rings. The fraction of sp³-hybridized carbons (Fsp3) is 0.900. The van der Waals surface area contributed by atoms with E-state index in [2.05, 4.69) is 5.32 Å². The number of hydrogen-bond donors (Lipinski definition) is 2. The normalized spacial score (nSPS) is 13.9. The van der Waals surface area contributed by atoms with Crippen molar-refractivity contribution in [2.45, 2.75) is 44.9 Å². The Morgan fingerprint density at radius 2 is 1.69 bits per heavy atom. The van der Waals surface area contributed by atoms with E-state index in [0.717, 1.165) is 0 Å². The molecule has 0 aliphatic carbocycles. The highest BCUT2D eigenvalue weighted by Crippen LogP contribution is 2.10. The van der Waals surface area contributed by atoms with Gasteiger partial charge in [0.1, 0.15) is 0 Å². The third kappa shape index (κ3) is 7.19. The van der Waals surface area contributed by atoms with E-state index in [9.17, 15) is 9.00 Å². The van der Waals surface area contributed by atoms with Crippen LogP contribution in [-0.2, 0) is 15.6 Å². The second-order valence-corrected chi connectivity index (χ2v) is 7.46. The van der Waals surface area contributed by atoms with Crippen molar-refractivity contribution in [2.75, 3.05) is 12.3 Å². The SMILES string of the molecule is CC(C)(N)C(=O)NCCS(=O)C(C)(C)C.Cl. The van der Waals surface area contributed by atoms with Crippen LogP contribution in [0.3, 0.4) is 0 Å². The Bertz CT molecular complexity index is 231. The van der Waals surface area contributed by atoms with Crippen LogP contribution >= 0.6 is 12.4 Å². The molecule has 1 amide bonds. The summed E-state index contributed by atoms with van der Waals surface area (Å²) in [5.41, 5.74) is 4.72. The van der Waals surface area contributed by atoms with Gasteiger partial charge < -0.3 is 11.1 Å². The Morgan fingerprint density at radius 3 is 2.00 bits per heavy atom. The van der Waals surface area contributed by atoms with E-state index in [1.54, 1.807) is 13.8 Å². The highest BCUT2D eigenvalue weighted by molar-refractivity contribution is 7.86. The summed E-state index contributed by atoms with van der Waals surface area (Å²) in [5, 5.41) is 2.67. The molecule has 0 aromatic carbocycles. The smallest absolute Gasteiger partial charge is 0.239 e. The van der Waals surface area contributed by atoms with Crippen molar-refractivity contribution < 1.29 is 9.00 Å². The minimum absolute atomic E-state index is 0. The van der Waals surface area contributed by atoms with Crippen LogP contribution in [-0.4, -0.2) is 32.7 Å². The summed E-state index contributed by atoms with van der Waals surface area (Å²) in [4.78, 5) is 11.4. The zero-order chi connectivity index (χ0) is 12.3. The maximum atomic E-state index is 11.6. The molecule has 16 heavy (non-hydrogen) atoms. The van der Waals surface area contributed by atoms with Gasteiger partial charge in [-0.05, 0) is 34.6 Å². The van der Waals surface area contributed by atoms with Crippen molar-refractivity contribution in [1.29, 1.82) is 0 Å². The van der Waals surface area contributed by atoms with Crippen LogP contribution in [0.5, 0.6) is 0 Å². The van der Waals surface area contributed by atoms with Crippen molar-refractivity contribution in [1.82, 2.24) is 5.32 Å². The Balaban J connectivity index is 0. The van der Waals surface area contributed by atoms with Crippen molar-refractivity contribution in [3.8, 4) is 0 Å². The predicted molar refractivity (Wildman–Crippen MR) is 71.3 cm³/mol. The first-order valence-corrected chi connectivity index (χ1v) is 6.32. The van der Waals surface area contributed by atoms with Gasteiger partial charge in [0.15, 0.2) is 0 Å². The monoisotopic (exact) mass is 270 g/mol. The molecule has 0 saturated heterocycles. The molecule has 0 saturated carbocycles. The zero-order valence-corrected chi connectivity index (χ0v) is 12.3. The lowest BCUT2D eigenvalue weighted by Gasteiger charge is -2.20. The molecule has 0 spiro atoms. The molecular weight excluding hydrogens is 248 g/mol. The molecule has 0 rings (SSSR count). The van der Waals surface area contributed by atoms with Crippen LogP contribution in [0, 0.1) is 0 Å². The molecule has 6 heteroatoms. The van der Waals surface area contributed by atoms with Gasteiger partial charge in [0.25, 0.3) is 0 Å². The van der Waals surface area contributed by atoms with Gasteiger partial charge in [-0.2, -0.15) is 0 Å². The molecule has 0 heterocycles. The van der Waals surface area contributed by atoms with Crippen LogP contribution < -0.4 is 11.1 Å².